The molecular formula is C15H24F3N7. The van der Waals surface area contributed by atoms with Gasteiger partial charge >= 0.3 is 6.18 Å². The first-order chi connectivity index (χ1) is 11.7. The number of nitrogens with two attached hydrogens (primary N) is 2. The number of alkyl halides is 3. The number of likely N-dealkylation sites (N-methyl/N-ethyl adjacent to an activating group) is 2. The molecule has 2 aliphatic heterocycles. The van der Waals surface area contributed by atoms with E-state index in [1.807, 2.05) is 11.7 Å². The van der Waals surface area contributed by atoms with E-state index in [9.17, 15) is 13.2 Å². The Balaban J connectivity index is 1.88. The maximum Gasteiger partial charge on any atom is 0.416 e. The Bertz CT molecular complexity index is 641. The third kappa shape index (κ3) is 3.52. The topological polar surface area (TPSA) is 79.6 Å². The van der Waals surface area contributed by atoms with Crippen molar-refractivity contribution in [2.75, 3.05) is 32.1 Å². The Morgan fingerprint density at radius 2 is 1.96 bits per heavy atom. The molecule has 4 N–H and O–H groups in total. The lowest BCUT2D eigenvalue weighted by Crippen LogP contribution is -2.62. The molecule has 3 atom stereocenters. The molecule has 25 heavy (non-hydrogen) atoms. The first-order valence-corrected chi connectivity index (χ1v) is 8.21. The SMILES string of the molecule is CN1CCC[C@H](n2cc(N3C=C(C(F)(F)F)C(N)N(C)C3N)cn2)C1. The Morgan fingerprint density at radius 3 is 2.60 bits per heavy atom. The van der Waals surface area contributed by atoms with Crippen LogP contribution in [0.15, 0.2) is 24.2 Å². The number of aromatic nitrogens is 2. The van der Waals surface area contributed by atoms with Crippen LogP contribution in [0.3, 0.4) is 0 Å². The Hall–Kier alpha value is -1.62. The number of halogens is 3. The van der Waals surface area contributed by atoms with Crippen molar-refractivity contribution in [1.29, 1.82) is 0 Å². The van der Waals surface area contributed by atoms with Crippen molar-refractivity contribution in [3.05, 3.63) is 24.2 Å². The average Bonchev–Trinajstić information content (AvgIpc) is 3.01. The van der Waals surface area contributed by atoms with Crippen LogP contribution >= 0.6 is 0 Å². The molecule has 2 aliphatic rings. The van der Waals surface area contributed by atoms with Crippen molar-refractivity contribution in [1.82, 2.24) is 19.6 Å². The molecule has 2 unspecified atom stereocenters. The molecule has 0 aromatic carbocycles. The molecule has 0 spiro atoms. The fourth-order valence-electron chi connectivity index (χ4n) is 3.37. The highest BCUT2D eigenvalue weighted by Gasteiger charge is 2.44. The maximum atomic E-state index is 13.3. The Morgan fingerprint density at radius 1 is 1.24 bits per heavy atom. The highest BCUT2D eigenvalue weighted by molar-refractivity contribution is 5.49. The number of nitrogens with zero attached hydrogens (tertiary/aromatic N) is 5. The summed E-state index contributed by atoms with van der Waals surface area (Å²) in [7, 11) is 3.52. The van der Waals surface area contributed by atoms with Crippen LogP contribution in [0, 0.1) is 0 Å². The smallest absolute Gasteiger partial charge is 0.316 e. The molecule has 140 valence electrons. The summed E-state index contributed by atoms with van der Waals surface area (Å²) in [6.45, 7) is 1.91. The molecule has 10 heteroatoms. The van der Waals surface area contributed by atoms with Crippen molar-refractivity contribution in [2.24, 2.45) is 11.5 Å². The van der Waals surface area contributed by atoms with Crippen LogP contribution in [0.2, 0.25) is 0 Å². The summed E-state index contributed by atoms with van der Waals surface area (Å²) in [6, 6.07) is 0.208. The molecule has 7 nitrogen and oxygen atoms in total. The zero-order chi connectivity index (χ0) is 18.4. The van der Waals surface area contributed by atoms with Crippen LogP contribution in [0.5, 0.6) is 0 Å². The number of hydrogen-bond acceptors (Lipinski definition) is 6. The highest BCUT2D eigenvalue weighted by atomic mass is 19.4. The summed E-state index contributed by atoms with van der Waals surface area (Å²) >= 11 is 0. The summed E-state index contributed by atoms with van der Waals surface area (Å²) in [5.41, 5.74) is 11.4. The van der Waals surface area contributed by atoms with Crippen LogP contribution in [0.25, 0.3) is 0 Å². The minimum Gasteiger partial charge on any atom is -0.316 e. The minimum atomic E-state index is -4.52. The second-order valence-corrected chi connectivity index (χ2v) is 6.75. The first kappa shape index (κ1) is 18.2. The van der Waals surface area contributed by atoms with Gasteiger partial charge in [-0.1, -0.05) is 0 Å². The van der Waals surface area contributed by atoms with Gasteiger partial charge in [-0.05, 0) is 33.5 Å². The van der Waals surface area contributed by atoms with Gasteiger partial charge in [-0.15, -0.1) is 0 Å². The standard InChI is InChI=1S/C15H24F3N7/c1-22-5-3-4-10(7-22)25-8-11(6-21-25)24-9-12(15(16,17)18)13(19)23(2)14(24)20/h6,8-10,13-14H,3-5,7,19-20H2,1-2H3/t10-,13?,14?/m0/s1. The predicted octanol–water partition coefficient (Wildman–Crippen LogP) is 0.875. The third-order valence-electron chi connectivity index (χ3n) is 4.92. The fourth-order valence-corrected chi connectivity index (χ4v) is 3.37. The van der Waals surface area contributed by atoms with Gasteiger partial charge in [-0.25, -0.2) is 0 Å². The van der Waals surface area contributed by atoms with Gasteiger partial charge in [0.15, 0.2) is 0 Å². The summed E-state index contributed by atoms with van der Waals surface area (Å²) < 4.78 is 41.6. The third-order valence-corrected chi connectivity index (χ3v) is 4.92. The Labute approximate surface area is 144 Å². The van der Waals surface area contributed by atoms with Crippen molar-refractivity contribution in [2.45, 2.75) is 37.5 Å². The molecular weight excluding hydrogens is 335 g/mol. The van der Waals surface area contributed by atoms with E-state index in [4.69, 9.17) is 11.5 Å². The van der Waals surface area contributed by atoms with Gasteiger partial charge in [0, 0.05) is 18.9 Å². The van der Waals surface area contributed by atoms with E-state index in [1.165, 1.54) is 16.8 Å². The second kappa shape index (κ2) is 6.60. The monoisotopic (exact) mass is 359 g/mol. The van der Waals surface area contributed by atoms with E-state index in [1.54, 1.807) is 12.4 Å². The summed E-state index contributed by atoms with van der Waals surface area (Å²) in [5, 5.41) is 4.35. The molecule has 0 amide bonds. The molecule has 1 saturated heterocycles. The van der Waals surface area contributed by atoms with Crippen LogP contribution in [0.1, 0.15) is 18.9 Å². The number of piperidine rings is 1. The normalized spacial score (nSPS) is 29.8. The summed E-state index contributed by atoms with van der Waals surface area (Å²) in [4.78, 5) is 4.87. The predicted molar refractivity (Wildman–Crippen MR) is 88.3 cm³/mol. The van der Waals surface area contributed by atoms with Gasteiger partial charge < -0.3 is 15.5 Å². The van der Waals surface area contributed by atoms with Crippen molar-refractivity contribution in [3.8, 4) is 0 Å². The summed E-state index contributed by atoms with van der Waals surface area (Å²) in [6.07, 6.45) is -0.275. The molecule has 0 saturated carbocycles. The van der Waals surface area contributed by atoms with E-state index in [-0.39, 0.29) is 6.04 Å². The van der Waals surface area contributed by atoms with Crippen LogP contribution in [0.4, 0.5) is 18.9 Å². The number of likely N-dealkylation sites (tertiary alicyclic amines) is 1. The highest BCUT2D eigenvalue weighted by Crippen LogP contribution is 2.34. The van der Waals surface area contributed by atoms with Crippen molar-refractivity contribution < 1.29 is 13.2 Å². The largest absolute Gasteiger partial charge is 0.416 e. The molecule has 3 heterocycles. The Kier molecular flexibility index (Phi) is 4.80. The minimum absolute atomic E-state index is 0.208. The van der Waals surface area contributed by atoms with E-state index in [0.717, 1.165) is 32.1 Å². The van der Waals surface area contributed by atoms with Crippen LogP contribution < -0.4 is 16.4 Å². The van der Waals surface area contributed by atoms with Gasteiger partial charge in [0.2, 0.25) is 0 Å². The quantitative estimate of drug-likeness (QED) is 0.816. The van der Waals surface area contributed by atoms with Crippen molar-refractivity contribution >= 4 is 5.69 Å². The van der Waals surface area contributed by atoms with Crippen LogP contribution in [-0.4, -0.2) is 65.4 Å². The molecule has 1 aromatic rings. The van der Waals surface area contributed by atoms with E-state index in [0.29, 0.717) is 5.69 Å². The van der Waals surface area contributed by atoms with Gasteiger partial charge in [0.25, 0.3) is 0 Å². The number of hydrogen-bond donors (Lipinski definition) is 2. The lowest BCUT2D eigenvalue weighted by molar-refractivity contribution is -0.104. The van der Waals surface area contributed by atoms with Gasteiger partial charge in [-0.2, -0.15) is 18.3 Å². The zero-order valence-electron chi connectivity index (χ0n) is 14.3. The molecule has 0 aliphatic carbocycles. The number of rotatable bonds is 2. The molecule has 1 aromatic heterocycles. The van der Waals surface area contributed by atoms with Gasteiger partial charge in [0.05, 0.1) is 29.7 Å². The fraction of sp³-hybridized carbons (Fsp3) is 0.667. The van der Waals surface area contributed by atoms with Crippen molar-refractivity contribution in [3.63, 3.8) is 0 Å². The zero-order valence-corrected chi connectivity index (χ0v) is 14.3. The average molecular weight is 359 g/mol. The molecule has 3 rings (SSSR count). The lowest BCUT2D eigenvalue weighted by atomic mass is 10.1. The van der Waals surface area contributed by atoms with Gasteiger partial charge in [-0.3, -0.25) is 15.3 Å². The van der Waals surface area contributed by atoms with Crippen LogP contribution in [-0.2, 0) is 0 Å². The summed E-state index contributed by atoms with van der Waals surface area (Å²) in [5.74, 6) is 0. The number of anilines is 1. The molecule has 1 fully saturated rings. The van der Waals surface area contributed by atoms with E-state index < -0.39 is 24.2 Å². The van der Waals surface area contributed by atoms with E-state index >= 15 is 0 Å². The van der Waals surface area contributed by atoms with E-state index in [2.05, 4.69) is 10.00 Å². The van der Waals surface area contributed by atoms with Gasteiger partial charge in [0.1, 0.15) is 6.29 Å². The molecule has 0 bridgehead atoms. The first-order valence-electron chi connectivity index (χ1n) is 8.21. The molecule has 0 radical (unpaired) electrons. The lowest BCUT2D eigenvalue weighted by Gasteiger charge is -2.42. The second-order valence-electron chi connectivity index (χ2n) is 6.75. The maximum absolute atomic E-state index is 13.3.